The van der Waals surface area contributed by atoms with Gasteiger partial charge in [0.1, 0.15) is 0 Å². The van der Waals surface area contributed by atoms with E-state index in [4.69, 9.17) is 33.7 Å². The second kappa shape index (κ2) is 6.16. The topological polar surface area (TPSA) is 55.6 Å². The highest BCUT2D eigenvalue weighted by Gasteiger charge is 2.33. The number of carbonyl (C=O) groups is 1. The fourth-order valence-electron chi connectivity index (χ4n) is 2.51. The molecule has 1 amide bonds. The molecule has 2 aromatic rings. The van der Waals surface area contributed by atoms with Crippen LogP contribution in [0.3, 0.4) is 0 Å². The number of amides is 1. The molecule has 1 aliphatic rings. The maximum Gasteiger partial charge on any atom is 0.259 e. The van der Waals surface area contributed by atoms with Gasteiger partial charge in [-0.25, -0.2) is 0 Å². The molecule has 3 rings (SSSR count). The number of rotatable bonds is 2. The molecule has 2 aromatic carbocycles. The van der Waals surface area contributed by atoms with Gasteiger partial charge >= 0.3 is 0 Å². The van der Waals surface area contributed by atoms with Crippen LogP contribution in [-0.4, -0.2) is 24.0 Å². The zero-order valence-corrected chi connectivity index (χ0v) is 13.1. The standard InChI is InChI=1S/C16H14Cl2N2O2/c17-12-8-11(19)9-13(18)14(12)15(21)20-6-7-22-16(20)10-4-2-1-3-5-10/h1-5,8-9,16H,6-7,19H2/t16-/m0/s1. The van der Waals surface area contributed by atoms with Gasteiger partial charge in [0.15, 0.2) is 6.23 Å². The van der Waals surface area contributed by atoms with Gasteiger partial charge in [0.05, 0.1) is 22.2 Å². The molecule has 2 N–H and O–H groups in total. The Hall–Kier alpha value is -1.75. The fourth-order valence-corrected chi connectivity index (χ4v) is 3.18. The van der Waals surface area contributed by atoms with Crippen molar-refractivity contribution >= 4 is 34.8 Å². The molecule has 0 radical (unpaired) electrons. The Morgan fingerprint density at radius 1 is 1.18 bits per heavy atom. The van der Waals surface area contributed by atoms with Gasteiger partial charge in [-0.3, -0.25) is 4.79 Å². The summed E-state index contributed by atoms with van der Waals surface area (Å²) in [5.41, 5.74) is 7.27. The monoisotopic (exact) mass is 336 g/mol. The van der Waals surface area contributed by atoms with Gasteiger partial charge in [0.2, 0.25) is 0 Å². The lowest BCUT2D eigenvalue weighted by atomic mass is 10.1. The van der Waals surface area contributed by atoms with E-state index in [1.54, 1.807) is 4.90 Å². The maximum atomic E-state index is 12.8. The number of benzene rings is 2. The second-order valence-corrected chi connectivity index (χ2v) is 5.81. The Balaban J connectivity index is 1.95. The summed E-state index contributed by atoms with van der Waals surface area (Å²) in [7, 11) is 0. The first-order chi connectivity index (χ1) is 10.6. The van der Waals surface area contributed by atoms with Crippen LogP contribution >= 0.6 is 23.2 Å². The van der Waals surface area contributed by atoms with E-state index < -0.39 is 6.23 Å². The molecule has 0 saturated carbocycles. The molecule has 6 heteroatoms. The Kier molecular flexibility index (Phi) is 4.25. The minimum absolute atomic E-state index is 0.244. The number of halogens is 2. The first kappa shape index (κ1) is 15.2. The van der Waals surface area contributed by atoms with E-state index in [0.29, 0.717) is 18.8 Å². The SMILES string of the molecule is Nc1cc(Cl)c(C(=O)N2CCO[C@H]2c2ccccc2)c(Cl)c1. The maximum absolute atomic E-state index is 12.8. The molecule has 1 atom stereocenters. The highest BCUT2D eigenvalue weighted by molar-refractivity contribution is 6.40. The van der Waals surface area contributed by atoms with Crippen LogP contribution in [0.4, 0.5) is 5.69 Å². The molecule has 0 spiro atoms. The summed E-state index contributed by atoms with van der Waals surface area (Å²) in [6, 6.07) is 12.6. The molecule has 22 heavy (non-hydrogen) atoms. The van der Waals surface area contributed by atoms with Gasteiger partial charge in [-0.1, -0.05) is 53.5 Å². The third kappa shape index (κ3) is 2.77. The van der Waals surface area contributed by atoms with Crippen LogP contribution in [0.5, 0.6) is 0 Å². The minimum atomic E-state index is -0.432. The van der Waals surface area contributed by atoms with Crippen LogP contribution in [0, 0.1) is 0 Å². The number of nitrogen functional groups attached to an aromatic ring is 1. The zero-order valence-electron chi connectivity index (χ0n) is 11.6. The Labute approximate surface area is 138 Å². The van der Waals surface area contributed by atoms with E-state index in [1.807, 2.05) is 30.3 Å². The van der Waals surface area contributed by atoms with E-state index in [0.717, 1.165) is 5.56 Å². The second-order valence-electron chi connectivity index (χ2n) is 4.99. The number of nitrogens with zero attached hydrogens (tertiary/aromatic N) is 1. The van der Waals surface area contributed by atoms with Crippen molar-refractivity contribution in [2.45, 2.75) is 6.23 Å². The Morgan fingerprint density at radius 3 is 2.45 bits per heavy atom. The van der Waals surface area contributed by atoms with Crippen molar-refractivity contribution in [2.24, 2.45) is 0 Å². The summed E-state index contributed by atoms with van der Waals surface area (Å²) in [5, 5.41) is 0.488. The van der Waals surface area contributed by atoms with Gasteiger partial charge in [0.25, 0.3) is 5.91 Å². The lowest BCUT2D eigenvalue weighted by Gasteiger charge is -2.24. The predicted octanol–water partition coefficient (Wildman–Crippen LogP) is 3.75. The number of nitrogens with two attached hydrogens (primary N) is 1. The van der Waals surface area contributed by atoms with Gasteiger partial charge in [-0.05, 0) is 12.1 Å². The average molecular weight is 337 g/mol. The highest BCUT2D eigenvalue weighted by Crippen LogP contribution is 2.33. The van der Waals surface area contributed by atoms with Crippen molar-refractivity contribution in [3.05, 3.63) is 63.6 Å². The molecule has 114 valence electrons. The Bertz CT molecular complexity index is 684. The summed E-state index contributed by atoms with van der Waals surface area (Å²) < 4.78 is 5.69. The number of ether oxygens (including phenoxy) is 1. The molecule has 0 aliphatic carbocycles. The third-order valence-corrected chi connectivity index (χ3v) is 4.11. The van der Waals surface area contributed by atoms with Crippen LogP contribution in [0.1, 0.15) is 22.1 Å². The first-order valence-electron chi connectivity index (χ1n) is 6.80. The molecule has 0 aromatic heterocycles. The molecule has 0 unspecified atom stereocenters. The molecular formula is C16H14Cl2N2O2. The molecule has 1 fully saturated rings. The summed E-state index contributed by atoms with van der Waals surface area (Å²) in [5.74, 6) is -0.263. The molecular weight excluding hydrogens is 323 g/mol. The van der Waals surface area contributed by atoms with Gasteiger partial charge < -0.3 is 15.4 Å². The van der Waals surface area contributed by atoms with Gasteiger partial charge in [0, 0.05) is 17.8 Å². The lowest BCUT2D eigenvalue weighted by molar-refractivity contribution is 0.0272. The van der Waals surface area contributed by atoms with Gasteiger partial charge in [-0.15, -0.1) is 0 Å². The molecule has 1 heterocycles. The normalized spacial score (nSPS) is 17.7. The summed E-state index contributed by atoms with van der Waals surface area (Å²) in [6.45, 7) is 0.949. The van der Waals surface area contributed by atoms with Crippen molar-refractivity contribution in [1.82, 2.24) is 4.90 Å². The van der Waals surface area contributed by atoms with Crippen molar-refractivity contribution < 1.29 is 9.53 Å². The van der Waals surface area contributed by atoms with Crippen molar-refractivity contribution in [3.63, 3.8) is 0 Å². The van der Waals surface area contributed by atoms with Crippen LogP contribution in [0.2, 0.25) is 10.0 Å². The summed E-state index contributed by atoms with van der Waals surface area (Å²) in [6.07, 6.45) is -0.432. The van der Waals surface area contributed by atoms with Crippen molar-refractivity contribution in [2.75, 3.05) is 18.9 Å². The number of carbonyl (C=O) groups excluding carboxylic acids is 1. The van der Waals surface area contributed by atoms with E-state index in [-0.39, 0.29) is 21.5 Å². The molecule has 1 aliphatic heterocycles. The quantitative estimate of drug-likeness (QED) is 0.849. The third-order valence-electron chi connectivity index (χ3n) is 3.51. The van der Waals surface area contributed by atoms with Crippen LogP contribution in [0.15, 0.2) is 42.5 Å². The molecule has 0 bridgehead atoms. The molecule has 1 saturated heterocycles. The van der Waals surface area contributed by atoms with E-state index in [9.17, 15) is 4.79 Å². The van der Waals surface area contributed by atoms with E-state index in [2.05, 4.69) is 0 Å². The van der Waals surface area contributed by atoms with E-state index >= 15 is 0 Å². The first-order valence-corrected chi connectivity index (χ1v) is 7.55. The van der Waals surface area contributed by atoms with Crippen LogP contribution < -0.4 is 5.73 Å². The summed E-state index contributed by atoms with van der Waals surface area (Å²) >= 11 is 12.3. The largest absolute Gasteiger partial charge is 0.399 e. The Morgan fingerprint density at radius 2 is 1.82 bits per heavy atom. The van der Waals surface area contributed by atoms with Crippen LogP contribution in [-0.2, 0) is 4.74 Å². The highest BCUT2D eigenvalue weighted by atomic mass is 35.5. The smallest absolute Gasteiger partial charge is 0.259 e. The number of anilines is 1. The lowest BCUT2D eigenvalue weighted by Crippen LogP contribution is -2.31. The predicted molar refractivity (Wildman–Crippen MR) is 87.0 cm³/mol. The fraction of sp³-hybridized carbons (Fsp3) is 0.188. The zero-order chi connectivity index (χ0) is 15.7. The number of hydrogen-bond acceptors (Lipinski definition) is 3. The van der Waals surface area contributed by atoms with Crippen LogP contribution in [0.25, 0.3) is 0 Å². The number of hydrogen-bond donors (Lipinski definition) is 1. The average Bonchev–Trinajstić information content (AvgIpc) is 2.96. The minimum Gasteiger partial charge on any atom is -0.399 e. The van der Waals surface area contributed by atoms with Gasteiger partial charge in [-0.2, -0.15) is 0 Å². The molecule has 4 nitrogen and oxygen atoms in total. The van der Waals surface area contributed by atoms with E-state index in [1.165, 1.54) is 12.1 Å². The van der Waals surface area contributed by atoms with Crippen molar-refractivity contribution in [3.8, 4) is 0 Å². The van der Waals surface area contributed by atoms with Crippen molar-refractivity contribution in [1.29, 1.82) is 0 Å². The summed E-state index contributed by atoms with van der Waals surface area (Å²) in [4.78, 5) is 14.4.